The van der Waals surface area contributed by atoms with Crippen molar-refractivity contribution in [2.45, 2.75) is 33.6 Å². The van der Waals surface area contributed by atoms with Gasteiger partial charge < -0.3 is 19.9 Å². The molecule has 0 fully saturated rings. The lowest BCUT2D eigenvalue weighted by Gasteiger charge is -2.25. The predicted octanol–water partition coefficient (Wildman–Crippen LogP) is 3.86. The van der Waals surface area contributed by atoms with E-state index in [0.717, 1.165) is 26.1 Å². The molecule has 0 radical (unpaired) electrons. The van der Waals surface area contributed by atoms with E-state index < -0.39 is 0 Å². The molecule has 0 spiro atoms. The molecular weight excluding hydrogens is 354 g/mol. The number of halogens is 1. The van der Waals surface area contributed by atoms with Crippen LogP contribution in [0.1, 0.15) is 33.6 Å². The van der Waals surface area contributed by atoms with E-state index in [-0.39, 0.29) is 18.4 Å². The molecule has 0 aliphatic carbocycles. The minimum Gasteiger partial charge on any atom is -0.466 e. The van der Waals surface area contributed by atoms with E-state index in [9.17, 15) is 9.59 Å². The molecule has 0 saturated carbocycles. The molecule has 0 bridgehead atoms. The normalized spacial score (nSPS) is 10.7. The van der Waals surface area contributed by atoms with Crippen LogP contribution in [0.15, 0.2) is 24.3 Å². The monoisotopic (exact) mass is 383 g/mol. The van der Waals surface area contributed by atoms with Crippen LogP contribution < -0.4 is 5.32 Å². The summed E-state index contributed by atoms with van der Waals surface area (Å²) in [5.74, 6) is -0.295. The van der Waals surface area contributed by atoms with Crippen molar-refractivity contribution in [2.75, 3.05) is 44.6 Å². The van der Waals surface area contributed by atoms with Crippen LogP contribution in [0.4, 0.5) is 10.5 Å². The van der Waals surface area contributed by atoms with Crippen LogP contribution in [0, 0.1) is 0 Å². The minimum absolute atomic E-state index is 0.183. The molecule has 0 aromatic heterocycles. The van der Waals surface area contributed by atoms with Gasteiger partial charge >= 0.3 is 12.0 Å². The molecule has 0 aliphatic heterocycles. The third kappa shape index (κ3) is 8.54. The third-order valence-electron chi connectivity index (χ3n) is 4.05. The van der Waals surface area contributed by atoms with E-state index in [1.165, 1.54) is 0 Å². The molecule has 1 N–H and O–H groups in total. The van der Waals surface area contributed by atoms with Crippen molar-refractivity contribution >= 4 is 29.3 Å². The van der Waals surface area contributed by atoms with Crippen LogP contribution in [-0.4, -0.2) is 61.1 Å². The van der Waals surface area contributed by atoms with Crippen LogP contribution >= 0.6 is 11.6 Å². The number of hydrogen-bond donors (Lipinski definition) is 1. The first-order valence-electron chi connectivity index (χ1n) is 9.19. The maximum atomic E-state index is 12.6. The predicted molar refractivity (Wildman–Crippen MR) is 106 cm³/mol. The summed E-state index contributed by atoms with van der Waals surface area (Å²) in [5, 5.41) is 3.40. The van der Waals surface area contributed by atoms with Crippen molar-refractivity contribution in [1.82, 2.24) is 9.80 Å². The number of anilines is 1. The highest BCUT2D eigenvalue weighted by Crippen LogP contribution is 2.15. The summed E-state index contributed by atoms with van der Waals surface area (Å²) in [7, 11) is 0. The molecular formula is C19H30ClN3O3. The van der Waals surface area contributed by atoms with Crippen LogP contribution in [0.2, 0.25) is 5.02 Å². The molecule has 0 unspecified atom stereocenters. The van der Waals surface area contributed by atoms with Crippen LogP contribution in [-0.2, 0) is 9.53 Å². The largest absolute Gasteiger partial charge is 0.466 e. The van der Waals surface area contributed by atoms with Crippen LogP contribution in [0.25, 0.3) is 0 Å². The summed E-state index contributed by atoms with van der Waals surface area (Å²) in [6.07, 6.45) is 1.02. The highest BCUT2D eigenvalue weighted by molar-refractivity contribution is 6.30. The number of rotatable bonds is 11. The molecule has 146 valence electrons. The second-order valence-electron chi connectivity index (χ2n) is 5.86. The summed E-state index contributed by atoms with van der Waals surface area (Å²) in [4.78, 5) is 28.2. The van der Waals surface area contributed by atoms with Crippen molar-refractivity contribution in [3.8, 4) is 0 Å². The van der Waals surface area contributed by atoms with Crippen molar-refractivity contribution in [1.29, 1.82) is 0 Å². The Morgan fingerprint density at radius 1 is 1.12 bits per heavy atom. The second kappa shape index (κ2) is 12.5. The van der Waals surface area contributed by atoms with Gasteiger partial charge in [-0.25, -0.2) is 4.79 Å². The molecule has 7 heteroatoms. The van der Waals surface area contributed by atoms with Crippen LogP contribution in [0.5, 0.6) is 0 Å². The fraction of sp³-hybridized carbons (Fsp3) is 0.579. The topological polar surface area (TPSA) is 61.9 Å². The van der Waals surface area contributed by atoms with Gasteiger partial charge in [-0.05, 0) is 51.2 Å². The first-order chi connectivity index (χ1) is 12.5. The summed E-state index contributed by atoms with van der Waals surface area (Å²) in [6, 6.07) is 6.76. The zero-order valence-electron chi connectivity index (χ0n) is 16.0. The van der Waals surface area contributed by atoms with E-state index in [1.54, 1.807) is 36.1 Å². The number of urea groups is 1. The Hall–Kier alpha value is -1.79. The molecule has 1 rings (SSSR count). The number of amides is 2. The highest BCUT2D eigenvalue weighted by Gasteiger charge is 2.16. The molecule has 2 amide bonds. The Morgan fingerprint density at radius 3 is 2.46 bits per heavy atom. The van der Waals surface area contributed by atoms with Crippen molar-refractivity contribution in [2.24, 2.45) is 0 Å². The lowest BCUT2D eigenvalue weighted by Crippen LogP contribution is -2.38. The Balaban J connectivity index is 2.65. The number of ether oxygens (including phenoxy) is 1. The Bertz CT molecular complexity index is 565. The Labute approximate surface area is 161 Å². The van der Waals surface area contributed by atoms with E-state index >= 15 is 0 Å². The highest BCUT2D eigenvalue weighted by atomic mass is 35.5. The van der Waals surface area contributed by atoms with Gasteiger partial charge in [0.15, 0.2) is 0 Å². The molecule has 0 saturated heterocycles. The van der Waals surface area contributed by atoms with Gasteiger partial charge in [-0.15, -0.1) is 0 Å². The van der Waals surface area contributed by atoms with Crippen LogP contribution in [0.3, 0.4) is 0 Å². The maximum Gasteiger partial charge on any atom is 0.321 e. The van der Waals surface area contributed by atoms with Gasteiger partial charge in [0.2, 0.25) is 0 Å². The Kier molecular flexibility index (Phi) is 10.7. The molecule has 1 aromatic carbocycles. The fourth-order valence-electron chi connectivity index (χ4n) is 2.57. The van der Waals surface area contributed by atoms with Crippen molar-refractivity contribution in [3.63, 3.8) is 0 Å². The minimum atomic E-state index is -0.295. The zero-order chi connectivity index (χ0) is 19.4. The summed E-state index contributed by atoms with van der Waals surface area (Å²) < 4.78 is 4.96. The maximum absolute atomic E-state index is 12.6. The SMILES string of the molecule is CCOC(=O)CCN(CCCN(CC)CC)C(=O)Nc1cccc(Cl)c1. The van der Waals surface area contributed by atoms with E-state index in [4.69, 9.17) is 16.3 Å². The van der Waals surface area contributed by atoms with Gasteiger partial charge in [0.05, 0.1) is 13.0 Å². The lowest BCUT2D eigenvalue weighted by atomic mass is 10.3. The average Bonchev–Trinajstić information content (AvgIpc) is 2.61. The van der Waals surface area contributed by atoms with Gasteiger partial charge in [0, 0.05) is 23.8 Å². The molecule has 0 heterocycles. The van der Waals surface area contributed by atoms with Gasteiger partial charge in [-0.3, -0.25) is 4.79 Å². The smallest absolute Gasteiger partial charge is 0.321 e. The first kappa shape index (κ1) is 22.3. The average molecular weight is 384 g/mol. The number of nitrogens with one attached hydrogen (secondary N) is 1. The lowest BCUT2D eigenvalue weighted by molar-refractivity contribution is -0.143. The quantitative estimate of drug-likeness (QED) is 0.589. The summed E-state index contributed by atoms with van der Waals surface area (Å²) in [5.41, 5.74) is 0.632. The number of hydrogen-bond acceptors (Lipinski definition) is 4. The van der Waals surface area contributed by atoms with Crippen molar-refractivity contribution in [3.05, 3.63) is 29.3 Å². The molecule has 1 aromatic rings. The third-order valence-corrected chi connectivity index (χ3v) is 4.29. The zero-order valence-corrected chi connectivity index (χ0v) is 16.7. The summed E-state index contributed by atoms with van der Waals surface area (Å²) in [6.45, 7) is 10.1. The number of esters is 1. The fourth-order valence-corrected chi connectivity index (χ4v) is 2.76. The number of nitrogens with zero attached hydrogens (tertiary/aromatic N) is 2. The standard InChI is InChI=1S/C19H30ClN3O3/c1-4-22(5-2)12-8-13-23(14-11-18(24)26-6-3)19(25)21-17-10-7-9-16(20)15-17/h7,9-10,15H,4-6,8,11-14H2,1-3H3,(H,21,25). The van der Waals surface area contributed by atoms with Crippen molar-refractivity contribution < 1.29 is 14.3 Å². The molecule has 6 nitrogen and oxygen atoms in total. The van der Waals surface area contributed by atoms with Gasteiger partial charge in [0.25, 0.3) is 0 Å². The number of carbonyl (C=O) groups excluding carboxylic acids is 2. The van der Waals surface area contributed by atoms with E-state index in [1.807, 2.05) is 0 Å². The van der Waals surface area contributed by atoms with Gasteiger partial charge in [-0.1, -0.05) is 31.5 Å². The van der Waals surface area contributed by atoms with Gasteiger partial charge in [0.1, 0.15) is 0 Å². The molecule has 0 aliphatic rings. The van der Waals surface area contributed by atoms with E-state index in [2.05, 4.69) is 24.1 Å². The first-order valence-corrected chi connectivity index (χ1v) is 9.57. The molecule has 0 atom stereocenters. The summed E-state index contributed by atoms with van der Waals surface area (Å²) >= 11 is 5.96. The molecule has 26 heavy (non-hydrogen) atoms. The number of carbonyl (C=O) groups is 2. The second-order valence-corrected chi connectivity index (χ2v) is 6.30. The Morgan fingerprint density at radius 2 is 1.85 bits per heavy atom. The van der Waals surface area contributed by atoms with Gasteiger partial charge in [-0.2, -0.15) is 0 Å². The number of benzene rings is 1. The van der Waals surface area contributed by atoms with E-state index in [0.29, 0.717) is 30.4 Å².